The number of phenols is 2. The molecule has 6 heterocycles. The molecule has 0 saturated heterocycles. The van der Waals surface area contributed by atoms with Crippen LogP contribution >= 0.6 is 0 Å². The minimum atomic E-state index is -1.66. The Balaban J connectivity index is 0.000000165. The number of aromatic hydroxyl groups is 2. The molecule has 0 spiro atoms. The number of carboxylic acids is 2. The lowest BCUT2D eigenvalue weighted by molar-refractivity contribution is -0.135. The summed E-state index contributed by atoms with van der Waals surface area (Å²) in [5.74, 6) is -10.6. The Bertz CT molecular complexity index is 5790. The molecule has 678 valence electrons. The normalized spacial score (nSPS) is 19.4. The quantitative estimate of drug-likeness (QED) is 0.0226. The van der Waals surface area contributed by atoms with Crippen molar-refractivity contribution in [2.75, 3.05) is 40.4 Å². The molecule has 8 atom stereocenters. The number of benzene rings is 8. The molecule has 0 bridgehead atoms. The molecule has 0 saturated carbocycles. The Labute approximate surface area is 731 Å². The van der Waals surface area contributed by atoms with Gasteiger partial charge in [-0.1, -0.05) is 22.4 Å². The van der Waals surface area contributed by atoms with E-state index >= 15 is 35.1 Å². The van der Waals surface area contributed by atoms with Gasteiger partial charge in [0.05, 0.1) is 56.3 Å². The van der Waals surface area contributed by atoms with Gasteiger partial charge in [0.2, 0.25) is 0 Å². The zero-order valence-electron chi connectivity index (χ0n) is 72.6. The summed E-state index contributed by atoms with van der Waals surface area (Å²) >= 11 is 0. The van der Waals surface area contributed by atoms with Gasteiger partial charge in [0.25, 0.3) is 0 Å². The van der Waals surface area contributed by atoms with Crippen LogP contribution < -0.4 is 0 Å². The number of carboxylic acid groups (broad SMARTS) is 2. The van der Waals surface area contributed by atoms with Crippen LogP contribution in [0.2, 0.25) is 0 Å². The molecule has 14 rings (SSSR count). The van der Waals surface area contributed by atoms with Crippen LogP contribution in [0.3, 0.4) is 0 Å². The molecule has 19 nitrogen and oxygen atoms in total. The lowest BCUT2D eigenvalue weighted by Gasteiger charge is -2.44. The predicted molar refractivity (Wildman–Crippen MR) is 458 cm³/mol. The van der Waals surface area contributed by atoms with Crippen molar-refractivity contribution in [3.8, 4) is 11.5 Å². The Morgan fingerprint density at radius 1 is 0.422 bits per heavy atom. The summed E-state index contributed by atoms with van der Waals surface area (Å²) in [6, 6.07) is 18.7. The molecule has 0 amide bonds. The van der Waals surface area contributed by atoms with Crippen LogP contribution in [0.5, 0.6) is 11.5 Å². The van der Waals surface area contributed by atoms with Crippen molar-refractivity contribution in [3.63, 3.8) is 0 Å². The number of halogens is 12. The van der Waals surface area contributed by atoms with Gasteiger partial charge in [0, 0.05) is 108 Å². The number of carbonyl (C=O) groups is 5. The first-order valence-electron chi connectivity index (χ1n) is 41.0. The van der Waals surface area contributed by atoms with Gasteiger partial charge >= 0.3 is 23.9 Å². The van der Waals surface area contributed by atoms with Gasteiger partial charge in [0.1, 0.15) is 80.7 Å². The van der Waals surface area contributed by atoms with Crippen molar-refractivity contribution in [2.24, 2.45) is 0 Å². The highest BCUT2D eigenvalue weighted by Crippen LogP contribution is 2.49. The van der Waals surface area contributed by atoms with Crippen molar-refractivity contribution in [1.82, 2.24) is 29.9 Å². The Morgan fingerprint density at radius 3 is 1.12 bits per heavy atom. The van der Waals surface area contributed by atoms with Gasteiger partial charge < -0.3 is 38.9 Å². The van der Waals surface area contributed by atoms with E-state index in [0.717, 1.165) is 107 Å². The van der Waals surface area contributed by atoms with E-state index in [-0.39, 0.29) is 112 Å². The number of aromatic nitrogens is 2. The minimum absolute atomic E-state index is 0.0220. The minimum Gasteiger partial charge on any atom is -0.508 e. The summed E-state index contributed by atoms with van der Waals surface area (Å²) in [6.45, 7) is 18.6. The van der Waals surface area contributed by atoms with E-state index in [9.17, 15) is 51.7 Å². The Hall–Kier alpha value is -12.2. The smallest absolute Gasteiger partial charge is 0.330 e. The van der Waals surface area contributed by atoms with Crippen LogP contribution in [0.25, 0.3) is 46.2 Å². The van der Waals surface area contributed by atoms with E-state index < -0.39 is 117 Å². The highest BCUT2D eigenvalue weighted by molar-refractivity contribution is 5.89. The molecular formula is C97H98F12N6O13. The maximum atomic E-state index is 15.4. The van der Waals surface area contributed by atoms with Crippen LogP contribution in [0.1, 0.15) is 207 Å². The topological polar surface area (TPSA) is 250 Å². The van der Waals surface area contributed by atoms with Crippen molar-refractivity contribution in [3.05, 3.63) is 281 Å². The monoisotopic (exact) mass is 1780 g/mol. The third kappa shape index (κ3) is 22.8. The van der Waals surface area contributed by atoms with Crippen LogP contribution in [0.15, 0.2) is 149 Å². The maximum Gasteiger partial charge on any atom is 0.330 e. The van der Waals surface area contributed by atoms with Gasteiger partial charge in [-0.2, -0.15) is 0 Å². The summed E-state index contributed by atoms with van der Waals surface area (Å²) < 4.78 is 201. The number of fused-ring (bicyclic) bond motifs is 7. The number of aldehydes is 1. The largest absolute Gasteiger partial charge is 0.508 e. The second-order valence-electron chi connectivity index (χ2n) is 34.9. The zero-order valence-corrected chi connectivity index (χ0v) is 72.6. The molecule has 2 aromatic heterocycles. The highest BCUT2D eigenvalue weighted by Gasteiger charge is 2.45. The van der Waals surface area contributed by atoms with E-state index in [1.807, 2.05) is 33.8 Å². The number of aliphatic carboxylic acids is 2. The number of rotatable bonds is 21. The third-order valence-electron chi connectivity index (χ3n) is 22.5. The van der Waals surface area contributed by atoms with E-state index in [1.54, 1.807) is 56.1 Å². The fourth-order valence-corrected chi connectivity index (χ4v) is 17.2. The Morgan fingerprint density at radius 2 is 0.750 bits per heavy atom. The summed E-state index contributed by atoms with van der Waals surface area (Å²) in [4.78, 5) is 62.5. The van der Waals surface area contributed by atoms with Crippen molar-refractivity contribution >= 4 is 76.4 Å². The second kappa shape index (κ2) is 39.2. The van der Waals surface area contributed by atoms with Gasteiger partial charge in [-0.25, -0.2) is 71.9 Å². The summed E-state index contributed by atoms with van der Waals surface area (Å²) in [7, 11) is 2.39. The summed E-state index contributed by atoms with van der Waals surface area (Å²) in [5, 5.41) is 46.7. The van der Waals surface area contributed by atoms with Crippen molar-refractivity contribution < 1.29 is 116 Å². The predicted octanol–water partition coefficient (Wildman–Crippen LogP) is 20.3. The van der Waals surface area contributed by atoms with Crippen LogP contribution in [-0.2, 0) is 54.3 Å². The standard InChI is InChI=1S/C25H26F3NO4.2C24H23F3N2O3.C24H26F3NO3/c1-14-7-16-11-21(31)17(12-30)10-18(16)24(29(14)13-25(2,3)28)23-19(26)8-15(9-20(23)27)5-6-22(32)33-4;1-13-8-16-15(5-6-20-17(16)11-28-32-20)23(29(13)12-24(2,3)27)22-18(25)9-14(10-19(22)26)4-7-21(30)31;1-13-6-15-10-20-16(11-28-32-20)9-17(15)23(29(13)12-24(2,3)27)22-18(25)7-14(8-19(22)26)4-5-21(30)31;1-14-9-16-12-17(29)6-7-18(16)23(28(14)13-24(2,3)27)22-19(25)10-15(11-20(22)26)5-8-21(30)31-4/h5-6,8-12,14,24,31H,7,13H2,1-4H3;4-7,9-11,13,23H,8,12H2,1-3H3,(H,30,31);4-5,7-11,13,23H,6,12H2,1-3H3,(H,30,31);5-8,10-12,14,23,29H,9,13H2,1-4H3/b6-5+;7-4+;5-4+;8-5+. The SMILES string of the molecule is CC1Cc2c(ccc3oncc23)C(c2c(F)cc(/C=C/C(=O)O)cc2F)N1CC(C)(C)F.CC1Cc2cc3oncc3cc2C(c2c(F)cc(/C=C/C(=O)O)cc2F)N1CC(C)(C)F.COC(=O)/C=C/c1cc(F)c(C2c3cc(C=O)c(O)cc3CC(C)N2CC(C)(C)F)c(F)c1.COC(=O)/C=C/c1cc(F)c(C2c3ccc(O)cc3CC(C)N2CC(C)(C)F)c(F)c1. The first-order valence-corrected chi connectivity index (χ1v) is 41.0. The average molecular weight is 1780 g/mol. The molecule has 128 heavy (non-hydrogen) atoms. The van der Waals surface area contributed by atoms with E-state index in [4.69, 9.17) is 19.3 Å². The Kier molecular flexibility index (Phi) is 29.5. The number of nitrogens with zero attached hydrogens (tertiary/aromatic N) is 6. The number of hydrogen-bond donors (Lipinski definition) is 4. The van der Waals surface area contributed by atoms with Crippen LogP contribution in [-0.4, -0.2) is 168 Å². The molecule has 4 aliphatic rings. The van der Waals surface area contributed by atoms with E-state index in [1.165, 1.54) is 106 Å². The second-order valence-corrected chi connectivity index (χ2v) is 34.9. The van der Waals surface area contributed by atoms with Gasteiger partial charge in [0.15, 0.2) is 17.5 Å². The molecule has 0 radical (unpaired) electrons. The number of ether oxygens (including phenoxy) is 2. The lowest BCUT2D eigenvalue weighted by Crippen LogP contribution is -2.48. The van der Waals surface area contributed by atoms with Crippen molar-refractivity contribution in [1.29, 1.82) is 0 Å². The molecule has 10 aromatic rings. The number of hydrogen-bond acceptors (Lipinski definition) is 17. The van der Waals surface area contributed by atoms with Crippen LogP contribution in [0, 0.1) is 46.5 Å². The summed E-state index contributed by atoms with van der Waals surface area (Å²) in [5.41, 5.74) is -0.301. The fourth-order valence-electron chi connectivity index (χ4n) is 17.2. The molecule has 0 fully saturated rings. The average Bonchev–Trinajstić information content (AvgIpc) is 0.966. The molecule has 4 N–H and O–H groups in total. The molecule has 8 unspecified atom stereocenters. The zero-order chi connectivity index (χ0) is 93.8. The molecule has 0 aliphatic carbocycles. The van der Waals surface area contributed by atoms with Gasteiger partial charge in [-0.3, -0.25) is 24.4 Å². The molecular weight excluding hydrogens is 1690 g/mol. The van der Waals surface area contributed by atoms with E-state index in [0.29, 0.717) is 76.3 Å². The number of phenolic OH excluding ortho intramolecular Hbond substituents is 2. The fraction of sp³-hybridized carbons (Fsp3) is 0.351. The molecule has 8 aromatic carbocycles. The highest BCUT2D eigenvalue weighted by atomic mass is 19.2. The van der Waals surface area contributed by atoms with Crippen LogP contribution in [0.4, 0.5) is 52.7 Å². The lowest BCUT2D eigenvalue weighted by atomic mass is 9.82. The number of esters is 2. The number of alkyl halides is 4. The third-order valence-corrected chi connectivity index (χ3v) is 22.5. The van der Waals surface area contributed by atoms with Gasteiger partial charge in [-0.05, 0) is 291 Å². The maximum absolute atomic E-state index is 15.4. The number of methoxy groups -OCH3 is 2. The molecule has 31 heteroatoms. The first kappa shape index (κ1) is 96.4. The molecule has 4 aliphatic heterocycles. The number of carbonyl (C=O) groups excluding carboxylic acids is 3. The summed E-state index contributed by atoms with van der Waals surface area (Å²) in [6.07, 6.45) is 14.1. The van der Waals surface area contributed by atoms with Crippen molar-refractivity contribution in [2.45, 2.75) is 180 Å². The van der Waals surface area contributed by atoms with E-state index in [2.05, 4.69) is 19.8 Å². The van der Waals surface area contributed by atoms with Gasteiger partial charge in [-0.15, -0.1) is 0 Å². The first-order chi connectivity index (χ1) is 60.0.